The van der Waals surface area contributed by atoms with Crippen LogP contribution >= 0.6 is 23.2 Å². The zero-order valence-corrected chi connectivity index (χ0v) is 9.65. The lowest BCUT2D eigenvalue weighted by atomic mass is 10.4. The molecule has 0 aromatic heterocycles. The minimum absolute atomic E-state index is 0.376. The fourth-order valence-electron chi connectivity index (χ4n) is 0.746. The minimum Gasteiger partial charge on any atom is -0.434 e. The first-order valence-corrected chi connectivity index (χ1v) is 5.79. The molecule has 14 heavy (non-hydrogen) atoms. The highest BCUT2D eigenvalue weighted by Gasteiger charge is 2.02. The van der Waals surface area contributed by atoms with E-state index in [0.717, 1.165) is 25.7 Å². The fraction of sp³-hybridized carbons (Fsp3) is 0.889. The number of hydrogen-bond donors (Lipinski definition) is 0. The average molecular weight is 243 g/mol. The van der Waals surface area contributed by atoms with Gasteiger partial charge in [0.25, 0.3) is 0 Å². The molecule has 0 saturated heterocycles. The molecule has 0 N–H and O–H groups in total. The van der Waals surface area contributed by atoms with Gasteiger partial charge in [-0.15, -0.1) is 23.2 Å². The molecule has 0 spiro atoms. The summed E-state index contributed by atoms with van der Waals surface area (Å²) in [4.78, 5) is 10.9. The maximum absolute atomic E-state index is 10.9. The van der Waals surface area contributed by atoms with E-state index < -0.39 is 6.16 Å². The molecule has 5 heteroatoms. The van der Waals surface area contributed by atoms with Gasteiger partial charge in [-0.25, -0.2) is 4.79 Å². The van der Waals surface area contributed by atoms with E-state index in [-0.39, 0.29) is 0 Å². The van der Waals surface area contributed by atoms with Gasteiger partial charge in [-0.05, 0) is 25.7 Å². The van der Waals surface area contributed by atoms with Gasteiger partial charge in [-0.2, -0.15) is 0 Å². The van der Waals surface area contributed by atoms with Crippen molar-refractivity contribution in [2.24, 2.45) is 0 Å². The predicted octanol–water partition coefficient (Wildman–Crippen LogP) is 3.18. The van der Waals surface area contributed by atoms with E-state index in [2.05, 4.69) is 0 Å². The normalized spacial score (nSPS) is 9.86. The van der Waals surface area contributed by atoms with E-state index in [4.69, 9.17) is 32.7 Å². The molecule has 0 unspecified atom stereocenters. The monoisotopic (exact) mass is 242 g/mol. The van der Waals surface area contributed by atoms with Gasteiger partial charge in [0.2, 0.25) is 0 Å². The van der Waals surface area contributed by atoms with Crippen LogP contribution in [0.3, 0.4) is 0 Å². The molecule has 0 aliphatic rings. The Hall–Kier alpha value is -0.150. The fourth-order valence-corrected chi connectivity index (χ4v) is 1.12. The van der Waals surface area contributed by atoms with Crippen LogP contribution in [0.2, 0.25) is 0 Å². The Balaban J connectivity index is 3.11. The van der Waals surface area contributed by atoms with Crippen LogP contribution in [0, 0.1) is 0 Å². The van der Waals surface area contributed by atoms with Crippen molar-refractivity contribution in [3.05, 3.63) is 0 Å². The predicted molar refractivity (Wildman–Crippen MR) is 57.2 cm³/mol. The molecule has 0 aromatic carbocycles. The van der Waals surface area contributed by atoms with Crippen LogP contribution in [0.1, 0.15) is 25.7 Å². The Kier molecular flexibility index (Phi) is 10.8. The van der Waals surface area contributed by atoms with Crippen molar-refractivity contribution in [1.29, 1.82) is 0 Å². The van der Waals surface area contributed by atoms with Gasteiger partial charge in [0.15, 0.2) is 0 Å². The van der Waals surface area contributed by atoms with Gasteiger partial charge in [0.1, 0.15) is 0 Å². The van der Waals surface area contributed by atoms with Gasteiger partial charge >= 0.3 is 6.16 Å². The molecule has 0 aliphatic carbocycles. The summed E-state index contributed by atoms with van der Waals surface area (Å²) in [5.41, 5.74) is 0. The molecule has 0 amide bonds. The maximum Gasteiger partial charge on any atom is 0.508 e. The molecule has 0 bridgehead atoms. The van der Waals surface area contributed by atoms with Crippen LogP contribution in [0.15, 0.2) is 0 Å². The summed E-state index contributed by atoms with van der Waals surface area (Å²) >= 11 is 10.9. The summed E-state index contributed by atoms with van der Waals surface area (Å²) in [6, 6.07) is 0. The van der Waals surface area contributed by atoms with Crippen molar-refractivity contribution in [3.8, 4) is 0 Å². The smallest absolute Gasteiger partial charge is 0.434 e. The lowest BCUT2D eigenvalue weighted by Gasteiger charge is -2.04. The van der Waals surface area contributed by atoms with Crippen molar-refractivity contribution in [1.82, 2.24) is 0 Å². The maximum atomic E-state index is 10.9. The lowest BCUT2D eigenvalue weighted by Crippen LogP contribution is -2.09. The Labute approximate surface area is 94.7 Å². The summed E-state index contributed by atoms with van der Waals surface area (Å²) in [7, 11) is 0. The summed E-state index contributed by atoms with van der Waals surface area (Å²) < 4.78 is 9.54. The highest BCUT2D eigenvalue weighted by Crippen LogP contribution is 1.97. The highest BCUT2D eigenvalue weighted by atomic mass is 35.5. The quantitative estimate of drug-likeness (QED) is 0.373. The van der Waals surface area contributed by atoms with Crippen LogP contribution in [-0.2, 0) is 9.47 Å². The average Bonchev–Trinajstić information content (AvgIpc) is 2.19. The topological polar surface area (TPSA) is 35.5 Å². The van der Waals surface area contributed by atoms with Crippen LogP contribution in [0.4, 0.5) is 4.79 Å². The first-order valence-electron chi connectivity index (χ1n) is 4.72. The van der Waals surface area contributed by atoms with Crippen molar-refractivity contribution in [3.63, 3.8) is 0 Å². The molecule has 0 aromatic rings. The number of rotatable bonds is 8. The van der Waals surface area contributed by atoms with Gasteiger partial charge in [0, 0.05) is 11.8 Å². The van der Waals surface area contributed by atoms with Crippen LogP contribution in [-0.4, -0.2) is 31.1 Å². The molecule has 3 nitrogen and oxygen atoms in total. The first-order chi connectivity index (χ1) is 6.81. The van der Waals surface area contributed by atoms with E-state index in [1.807, 2.05) is 0 Å². The molecule has 0 fully saturated rings. The lowest BCUT2D eigenvalue weighted by molar-refractivity contribution is 0.0536. The number of ether oxygens (including phenoxy) is 2. The highest BCUT2D eigenvalue weighted by molar-refractivity contribution is 6.18. The Morgan fingerprint density at radius 3 is 1.64 bits per heavy atom. The summed E-state index contributed by atoms with van der Waals surface area (Å²) in [6.45, 7) is 0.752. The van der Waals surface area contributed by atoms with E-state index in [1.165, 1.54) is 0 Å². The summed E-state index contributed by atoms with van der Waals surface area (Å²) in [5, 5.41) is 0. The summed E-state index contributed by atoms with van der Waals surface area (Å²) in [5.74, 6) is 1.18. The van der Waals surface area contributed by atoms with E-state index >= 15 is 0 Å². The zero-order valence-electron chi connectivity index (χ0n) is 8.14. The second-order valence-corrected chi connectivity index (χ2v) is 3.50. The Morgan fingerprint density at radius 2 is 1.29 bits per heavy atom. The number of halogens is 2. The zero-order chi connectivity index (χ0) is 10.6. The van der Waals surface area contributed by atoms with Gasteiger partial charge in [-0.1, -0.05) is 0 Å². The van der Waals surface area contributed by atoms with Gasteiger partial charge < -0.3 is 9.47 Å². The Morgan fingerprint density at radius 1 is 0.857 bits per heavy atom. The third-order valence-corrected chi connectivity index (χ3v) is 2.03. The second-order valence-electron chi connectivity index (χ2n) is 2.74. The SMILES string of the molecule is O=C(OCCCCCl)OCCCCCl. The van der Waals surface area contributed by atoms with E-state index in [1.54, 1.807) is 0 Å². The largest absolute Gasteiger partial charge is 0.508 e. The number of unbranched alkanes of at least 4 members (excludes halogenated alkanes) is 2. The molecular formula is C9H16Cl2O3. The third kappa shape index (κ3) is 9.93. The van der Waals surface area contributed by atoms with Gasteiger partial charge in [-0.3, -0.25) is 0 Å². The molecule has 0 saturated carbocycles. The van der Waals surface area contributed by atoms with Crippen LogP contribution in [0.25, 0.3) is 0 Å². The molecule has 0 aliphatic heterocycles. The van der Waals surface area contributed by atoms with Crippen molar-refractivity contribution in [2.45, 2.75) is 25.7 Å². The van der Waals surface area contributed by atoms with Crippen LogP contribution < -0.4 is 0 Å². The third-order valence-electron chi connectivity index (χ3n) is 1.50. The molecule has 0 atom stereocenters. The minimum atomic E-state index is -0.603. The number of hydrogen-bond acceptors (Lipinski definition) is 3. The second kappa shape index (κ2) is 10.9. The van der Waals surface area contributed by atoms with E-state index in [9.17, 15) is 4.79 Å². The van der Waals surface area contributed by atoms with Crippen molar-refractivity contribution in [2.75, 3.05) is 25.0 Å². The Bertz CT molecular complexity index is 128. The van der Waals surface area contributed by atoms with Crippen molar-refractivity contribution >= 4 is 29.4 Å². The first kappa shape index (κ1) is 13.8. The standard InChI is InChI=1S/C9H16Cl2O3/c10-5-1-3-7-13-9(12)14-8-4-2-6-11/h1-8H2. The number of carbonyl (C=O) groups excluding carboxylic acids is 1. The van der Waals surface area contributed by atoms with Gasteiger partial charge in [0.05, 0.1) is 13.2 Å². The molecule has 0 rings (SSSR count). The molecule has 84 valence electrons. The molecule has 0 heterocycles. The molecular weight excluding hydrogens is 227 g/mol. The van der Waals surface area contributed by atoms with E-state index in [0.29, 0.717) is 25.0 Å². The van der Waals surface area contributed by atoms with Crippen molar-refractivity contribution < 1.29 is 14.3 Å². The summed E-state index contributed by atoms with van der Waals surface area (Å²) in [6.07, 6.45) is 2.65. The number of carbonyl (C=O) groups is 1. The van der Waals surface area contributed by atoms with Crippen LogP contribution in [0.5, 0.6) is 0 Å². The number of alkyl halides is 2. The molecule has 0 radical (unpaired) electrons.